The van der Waals surface area contributed by atoms with Gasteiger partial charge in [-0.15, -0.1) is 0 Å². The van der Waals surface area contributed by atoms with Gasteiger partial charge in [-0.05, 0) is 43.3 Å². The molecule has 2 heterocycles. The standard InChI is InChI=1S/C18H19Cl3N6S/c1-12-16(20)17(21)27(24-12)9-2-8-22-18(28)23-15-7-10-26(25-15)11-13-3-5-14(19)6-4-13/h3-7,10H,2,8-9,11H2,1H3,(H2,22,23,25,28). The van der Waals surface area contributed by atoms with Crippen molar-refractivity contribution in [3.63, 3.8) is 0 Å². The first-order chi connectivity index (χ1) is 13.4. The summed E-state index contributed by atoms with van der Waals surface area (Å²) >= 11 is 23.4. The molecule has 0 aliphatic rings. The molecule has 10 heteroatoms. The average Bonchev–Trinajstić information content (AvgIpc) is 3.20. The van der Waals surface area contributed by atoms with Crippen LogP contribution in [0.25, 0.3) is 0 Å². The van der Waals surface area contributed by atoms with Gasteiger partial charge in [0.1, 0.15) is 10.2 Å². The first kappa shape index (κ1) is 20.9. The Morgan fingerprint density at radius 3 is 2.54 bits per heavy atom. The number of benzene rings is 1. The van der Waals surface area contributed by atoms with E-state index in [0.29, 0.717) is 40.7 Å². The van der Waals surface area contributed by atoms with Crippen molar-refractivity contribution in [2.45, 2.75) is 26.4 Å². The van der Waals surface area contributed by atoms with E-state index >= 15 is 0 Å². The highest BCUT2D eigenvalue weighted by molar-refractivity contribution is 7.80. The summed E-state index contributed by atoms with van der Waals surface area (Å²) in [6, 6.07) is 9.56. The molecule has 0 saturated heterocycles. The Balaban J connectivity index is 1.42. The zero-order chi connectivity index (χ0) is 20.1. The van der Waals surface area contributed by atoms with Crippen LogP contribution in [0.4, 0.5) is 5.82 Å². The van der Waals surface area contributed by atoms with Crippen molar-refractivity contribution < 1.29 is 0 Å². The summed E-state index contributed by atoms with van der Waals surface area (Å²) in [6.07, 6.45) is 2.69. The number of hydrogen-bond acceptors (Lipinski definition) is 3. The van der Waals surface area contributed by atoms with Crippen LogP contribution < -0.4 is 10.6 Å². The molecular weight excluding hydrogens is 439 g/mol. The molecule has 0 fully saturated rings. The minimum absolute atomic E-state index is 0.464. The van der Waals surface area contributed by atoms with Gasteiger partial charge in [0, 0.05) is 30.4 Å². The van der Waals surface area contributed by atoms with Crippen molar-refractivity contribution in [2.24, 2.45) is 0 Å². The van der Waals surface area contributed by atoms with E-state index in [9.17, 15) is 0 Å². The Kier molecular flexibility index (Phi) is 7.18. The Morgan fingerprint density at radius 1 is 1.11 bits per heavy atom. The fraction of sp³-hybridized carbons (Fsp3) is 0.278. The molecular formula is C18H19Cl3N6S. The number of anilines is 1. The molecule has 28 heavy (non-hydrogen) atoms. The maximum absolute atomic E-state index is 6.12. The van der Waals surface area contributed by atoms with Crippen LogP contribution >= 0.6 is 47.0 Å². The van der Waals surface area contributed by atoms with Crippen LogP contribution in [0.1, 0.15) is 17.7 Å². The Hall–Kier alpha value is -1.80. The van der Waals surface area contributed by atoms with Crippen molar-refractivity contribution in [1.29, 1.82) is 0 Å². The predicted molar refractivity (Wildman–Crippen MR) is 119 cm³/mol. The highest BCUT2D eigenvalue weighted by atomic mass is 35.5. The number of aromatic nitrogens is 4. The molecule has 2 aromatic heterocycles. The van der Waals surface area contributed by atoms with E-state index in [4.69, 9.17) is 47.0 Å². The molecule has 3 rings (SSSR count). The van der Waals surface area contributed by atoms with E-state index in [-0.39, 0.29) is 0 Å². The van der Waals surface area contributed by atoms with Gasteiger partial charge in [-0.25, -0.2) is 0 Å². The third-order valence-electron chi connectivity index (χ3n) is 3.97. The second-order valence-corrected chi connectivity index (χ2v) is 7.75. The monoisotopic (exact) mass is 456 g/mol. The lowest BCUT2D eigenvalue weighted by Crippen LogP contribution is -2.30. The van der Waals surface area contributed by atoms with Crippen LogP contribution in [0.2, 0.25) is 15.2 Å². The number of thiocarbonyl (C=S) groups is 1. The summed E-state index contributed by atoms with van der Waals surface area (Å²) in [5.41, 5.74) is 1.85. The lowest BCUT2D eigenvalue weighted by molar-refractivity contribution is 0.571. The molecule has 0 saturated carbocycles. The van der Waals surface area contributed by atoms with E-state index < -0.39 is 0 Å². The van der Waals surface area contributed by atoms with Crippen LogP contribution in [0, 0.1) is 6.92 Å². The van der Waals surface area contributed by atoms with E-state index in [1.807, 2.05) is 48.1 Å². The van der Waals surface area contributed by atoms with Crippen LogP contribution in [-0.2, 0) is 13.1 Å². The zero-order valence-corrected chi connectivity index (χ0v) is 18.2. The lowest BCUT2D eigenvalue weighted by Gasteiger charge is -2.09. The number of nitrogens with one attached hydrogen (secondary N) is 2. The van der Waals surface area contributed by atoms with Gasteiger partial charge < -0.3 is 10.6 Å². The second kappa shape index (κ2) is 9.60. The summed E-state index contributed by atoms with van der Waals surface area (Å²) in [6.45, 7) is 3.81. The Bertz CT molecular complexity index is 951. The summed E-state index contributed by atoms with van der Waals surface area (Å²) in [5, 5.41) is 17.2. The van der Waals surface area contributed by atoms with Gasteiger partial charge in [0.25, 0.3) is 0 Å². The van der Waals surface area contributed by atoms with Crippen molar-refractivity contribution in [1.82, 2.24) is 24.9 Å². The summed E-state index contributed by atoms with van der Waals surface area (Å²) < 4.78 is 3.52. The average molecular weight is 458 g/mol. The molecule has 2 N–H and O–H groups in total. The quantitative estimate of drug-likeness (QED) is 0.395. The molecule has 6 nitrogen and oxygen atoms in total. The Labute approximate surface area is 183 Å². The van der Waals surface area contributed by atoms with Crippen molar-refractivity contribution in [3.8, 4) is 0 Å². The van der Waals surface area contributed by atoms with Gasteiger partial charge in [-0.3, -0.25) is 9.36 Å². The maximum Gasteiger partial charge on any atom is 0.171 e. The number of halogens is 3. The zero-order valence-electron chi connectivity index (χ0n) is 15.1. The van der Waals surface area contributed by atoms with E-state index in [0.717, 1.165) is 22.7 Å². The van der Waals surface area contributed by atoms with Crippen molar-refractivity contribution in [3.05, 3.63) is 63.0 Å². The molecule has 0 spiro atoms. The number of rotatable bonds is 7. The number of aryl methyl sites for hydroxylation is 2. The van der Waals surface area contributed by atoms with Crippen molar-refractivity contribution in [2.75, 3.05) is 11.9 Å². The summed E-state index contributed by atoms with van der Waals surface area (Å²) in [5.74, 6) is 0.684. The number of nitrogens with zero attached hydrogens (tertiary/aromatic N) is 4. The smallest absolute Gasteiger partial charge is 0.171 e. The summed E-state index contributed by atoms with van der Waals surface area (Å²) in [4.78, 5) is 0. The molecule has 0 bridgehead atoms. The van der Waals surface area contributed by atoms with Gasteiger partial charge in [-0.1, -0.05) is 46.9 Å². The molecule has 0 aliphatic carbocycles. The van der Waals surface area contributed by atoms with Crippen LogP contribution in [0.3, 0.4) is 0 Å². The Morgan fingerprint density at radius 2 is 1.86 bits per heavy atom. The molecule has 0 radical (unpaired) electrons. The molecule has 0 unspecified atom stereocenters. The SMILES string of the molecule is Cc1nn(CCCNC(=S)Nc2ccn(Cc3ccc(Cl)cc3)n2)c(Cl)c1Cl. The normalized spacial score (nSPS) is 10.9. The van der Waals surface area contributed by atoms with Gasteiger partial charge in [0.05, 0.1) is 12.2 Å². The van der Waals surface area contributed by atoms with Crippen LogP contribution in [0.5, 0.6) is 0 Å². The first-order valence-corrected chi connectivity index (χ1v) is 10.2. The topological polar surface area (TPSA) is 59.7 Å². The lowest BCUT2D eigenvalue weighted by atomic mass is 10.2. The van der Waals surface area contributed by atoms with Crippen LogP contribution in [-0.4, -0.2) is 31.2 Å². The maximum atomic E-state index is 6.12. The molecule has 0 amide bonds. The third kappa shape index (κ3) is 5.61. The van der Waals surface area contributed by atoms with Crippen LogP contribution in [0.15, 0.2) is 36.5 Å². The first-order valence-electron chi connectivity index (χ1n) is 8.63. The van der Waals surface area contributed by atoms with Gasteiger partial charge in [-0.2, -0.15) is 10.2 Å². The minimum atomic E-state index is 0.464. The predicted octanol–water partition coefficient (Wildman–Crippen LogP) is 4.77. The minimum Gasteiger partial charge on any atom is -0.362 e. The van der Waals surface area contributed by atoms with E-state index in [2.05, 4.69) is 20.8 Å². The van der Waals surface area contributed by atoms with E-state index in [1.165, 1.54) is 0 Å². The molecule has 0 atom stereocenters. The van der Waals surface area contributed by atoms with E-state index in [1.54, 1.807) is 4.68 Å². The molecule has 148 valence electrons. The fourth-order valence-corrected chi connectivity index (χ4v) is 3.29. The molecule has 1 aromatic carbocycles. The van der Waals surface area contributed by atoms with Crippen molar-refractivity contribution >= 4 is 58.0 Å². The van der Waals surface area contributed by atoms with Gasteiger partial charge in [0.15, 0.2) is 10.9 Å². The second-order valence-electron chi connectivity index (χ2n) is 6.17. The molecule has 3 aromatic rings. The van der Waals surface area contributed by atoms with Gasteiger partial charge >= 0.3 is 0 Å². The number of hydrogen-bond donors (Lipinski definition) is 2. The third-order valence-corrected chi connectivity index (χ3v) is 5.40. The molecule has 0 aliphatic heterocycles. The highest BCUT2D eigenvalue weighted by Crippen LogP contribution is 2.24. The summed E-state index contributed by atoms with van der Waals surface area (Å²) in [7, 11) is 0. The fourth-order valence-electron chi connectivity index (χ4n) is 2.56. The highest BCUT2D eigenvalue weighted by Gasteiger charge is 2.10. The van der Waals surface area contributed by atoms with Gasteiger partial charge in [0.2, 0.25) is 0 Å². The largest absolute Gasteiger partial charge is 0.362 e.